The van der Waals surface area contributed by atoms with Gasteiger partial charge in [-0.05, 0) is 69.2 Å². The molecule has 2 N–H and O–H groups in total. The first-order valence-electron chi connectivity index (χ1n) is 14.6. The Morgan fingerprint density at radius 2 is 2.00 bits per heavy atom. The van der Waals surface area contributed by atoms with Crippen molar-refractivity contribution in [1.82, 2.24) is 24.5 Å². The van der Waals surface area contributed by atoms with E-state index >= 15 is 4.39 Å². The third kappa shape index (κ3) is 6.45. The van der Waals surface area contributed by atoms with Crippen LogP contribution < -0.4 is 19.7 Å². The third-order valence-corrected chi connectivity index (χ3v) is 9.16. The predicted octanol–water partition coefficient (Wildman–Crippen LogP) is 5.82. The second kappa shape index (κ2) is 11.9. The highest BCUT2D eigenvalue weighted by Gasteiger charge is 2.41. The Morgan fingerprint density at radius 3 is 2.85 bits per heavy atom. The van der Waals surface area contributed by atoms with Crippen molar-refractivity contribution in [3.63, 3.8) is 0 Å². The maximum atomic E-state index is 15.1. The molecule has 1 amide bonds. The molecule has 2 unspecified atom stereocenters. The largest absolute Gasteiger partial charge is 0.477 e. The number of hydrogen-bond acceptors (Lipinski definition) is 8. The molecular weight excluding hydrogens is 541 g/mol. The number of amides is 1. The molecule has 11 heteroatoms. The smallest absolute Gasteiger partial charge is 0.265 e. The first-order chi connectivity index (χ1) is 19.8. The number of carbonyl (C=O) groups is 1. The number of nitrogens with zero attached hydrogens (tertiary/aromatic N) is 5. The number of nitrogens with one attached hydrogen (secondary N) is 2. The zero-order valence-electron chi connectivity index (χ0n) is 23.7. The Balaban J connectivity index is 1.28. The molecule has 9 nitrogen and oxygen atoms in total. The van der Waals surface area contributed by atoms with Gasteiger partial charge in [0.05, 0.1) is 12.2 Å². The molecule has 4 bridgehead atoms. The number of alkyl halides is 1. The highest BCUT2D eigenvalue weighted by atomic mass is 32.2. The highest BCUT2D eigenvalue weighted by molar-refractivity contribution is 7.97. The maximum Gasteiger partial charge on any atom is 0.265 e. The molecule has 1 saturated carbocycles. The number of pyridine rings is 2. The molecule has 3 aromatic heterocycles. The van der Waals surface area contributed by atoms with Crippen molar-refractivity contribution < 1.29 is 13.9 Å². The predicted molar refractivity (Wildman–Crippen MR) is 159 cm³/mol. The van der Waals surface area contributed by atoms with Crippen molar-refractivity contribution in [3.05, 3.63) is 48.2 Å². The van der Waals surface area contributed by atoms with E-state index in [2.05, 4.69) is 38.9 Å². The van der Waals surface area contributed by atoms with Crippen molar-refractivity contribution in [1.29, 1.82) is 0 Å². The number of fused-ring (bicyclic) bond motifs is 6. The van der Waals surface area contributed by atoms with E-state index in [-0.39, 0.29) is 23.9 Å². The van der Waals surface area contributed by atoms with Gasteiger partial charge in [0.25, 0.3) is 5.91 Å². The third-order valence-electron chi connectivity index (χ3n) is 8.44. The summed E-state index contributed by atoms with van der Waals surface area (Å²) in [5.74, 6) is 2.92. The lowest BCUT2D eigenvalue weighted by Gasteiger charge is -2.34. The second-order valence-corrected chi connectivity index (χ2v) is 12.9. The van der Waals surface area contributed by atoms with Gasteiger partial charge in [-0.25, -0.2) is 19.0 Å². The molecule has 41 heavy (non-hydrogen) atoms. The molecule has 1 aliphatic carbocycles. The van der Waals surface area contributed by atoms with E-state index in [1.807, 2.05) is 24.4 Å². The molecular formula is C30H38FN7O2S. The number of ether oxygens (including phenoxy) is 1. The molecule has 0 aromatic carbocycles. The van der Waals surface area contributed by atoms with Crippen LogP contribution in [0.2, 0.25) is 0 Å². The van der Waals surface area contributed by atoms with Gasteiger partial charge in [0.15, 0.2) is 5.82 Å². The standard InChI is InChI=1S/C30H38FN7O2S/c1-30(2)17-21-16-22(31)18-32-24-8-5-9-27(33-24)41-36-29(39)23-10-11-25(34-28(23)37(30)19-21)38-14-12-26(35-38)40-15-13-20-6-3-4-7-20/h5,8-12,14,20-22H,3-4,6-7,13,15-19H2,1-2H3,(H,32,33)(H,36,39). The fourth-order valence-corrected chi connectivity index (χ4v) is 6.99. The average molecular weight is 580 g/mol. The van der Waals surface area contributed by atoms with Crippen LogP contribution in [-0.4, -0.2) is 57.1 Å². The fourth-order valence-electron chi connectivity index (χ4n) is 6.39. The normalized spacial score (nSPS) is 22.8. The number of rotatable bonds is 5. The zero-order valence-corrected chi connectivity index (χ0v) is 24.5. The summed E-state index contributed by atoms with van der Waals surface area (Å²) < 4.78 is 25.7. The summed E-state index contributed by atoms with van der Waals surface area (Å²) in [5, 5.41) is 8.33. The van der Waals surface area contributed by atoms with Gasteiger partial charge >= 0.3 is 0 Å². The van der Waals surface area contributed by atoms with Crippen LogP contribution >= 0.6 is 11.9 Å². The lowest BCUT2D eigenvalue weighted by molar-refractivity contribution is 0.0984. The van der Waals surface area contributed by atoms with Crippen molar-refractivity contribution in [2.24, 2.45) is 11.8 Å². The quantitative estimate of drug-likeness (QED) is 0.365. The minimum Gasteiger partial charge on any atom is -0.477 e. The first kappa shape index (κ1) is 27.8. The van der Waals surface area contributed by atoms with Crippen LogP contribution in [0.5, 0.6) is 5.88 Å². The molecule has 0 radical (unpaired) electrons. The molecule has 2 fully saturated rings. The maximum absolute atomic E-state index is 15.1. The topological polar surface area (TPSA) is 97.2 Å². The molecule has 2 aliphatic heterocycles. The summed E-state index contributed by atoms with van der Waals surface area (Å²) in [7, 11) is 0. The van der Waals surface area contributed by atoms with Crippen LogP contribution in [0.3, 0.4) is 0 Å². The summed E-state index contributed by atoms with van der Waals surface area (Å²) >= 11 is 1.13. The van der Waals surface area contributed by atoms with Crippen LogP contribution in [0.1, 0.15) is 69.2 Å². The summed E-state index contributed by atoms with van der Waals surface area (Å²) in [6.45, 7) is 5.71. The number of carbonyl (C=O) groups excluding carboxylic acids is 1. The Kier molecular flexibility index (Phi) is 8.05. The molecule has 1 saturated heterocycles. The van der Waals surface area contributed by atoms with Crippen molar-refractivity contribution in [3.8, 4) is 11.7 Å². The van der Waals surface area contributed by atoms with Gasteiger partial charge in [-0.2, -0.15) is 0 Å². The van der Waals surface area contributed by atoms with E-state index in [4.69, 9.17) is 9.72 Å². The van der Waals surface area contributed by atoms with Gasteiger partial charge in [0.1, 0.15) is 22.8 Å². The Labute approximate surface area is 244 Å². The Morgan fingerprint density at radius 1 is 1.15 bits per heavy atom. The van der Waals surface area contributed by atoms with Crippen molar-refractivity contribution >= 4 is 29.5 Å². The minimum atomic E-state index is -1.02. The van der Waals surface area contributed by atoms with Crippen molar-refractivity contribution in [2.45, 2.75) is 75.5 Å². The Bertz CT molecular complexity index is 1380. The molecule has 218 valence electrons. The van der Waals surface area contributed by atoms with Crippen LogP contribution in [0.25, 0.3) is 5.82 Å². The number of aromatic nitrogens is 4. The number of halogens is 1. The summed E-state index contributed by atoms with van der Waals surface area (Å²) in [6.07, 6.45) is 8.32. The van der Waals surface area contributed by atoms with Gasteiger partial charge in [0.2, 0.25) is 5.88 Å². The fraction of sp³-hybridized carbons (Fsp3) is 0.533. The minimum absolute atomic E-state index is 0.117. The van der Waals surface area contributed by atoms with Gasteiger partial charge < -0.3 is 15.0 Å². The zero-order chi connectivity index (χ0) is 28.4. The van der Waals surface area contributed by atoms with E-state index in [0.29, 0.717) is 53.5 Å². The van der Waals surface area contributed by atoms with Gasteiger partial charge in [-0.3, -0.25) is 9.52 Å². The van der Waals surface area contributed by atoms with Crippen LogP contribution in [-0.2, 0) is 0 Å². The van der Waals surface area contributed by atoms with Crippen molar-refractivity contribution in [2.75, 3.05) is 29.9 Å². The molecule has 6 rings (SSSR count). The van der Waals surface area contributed by atoms with Crippen LogP contribution in [0.4, 0.5) is 16.0 Å². The highest BCUT2D eigenvalue weighted by Crippen LogP contribution is 2.40. The summed E-state index contributed by atoms with van der Waals surface area (Å²) in [6, 6.07) is 10.9. The SMILES string of the molecule is CC1(C)CC2CC(F)CNc3cccc(n3)SNC(=O)c3ccc(-n4ccc(OCCC5CCCC5)n4)nc3N1C2. The molecule has 2 atom stereocenters. The average Bonchev–Trinajstić information content (AvgIpc) is 3.71. The molecule has 3 aliphatic rings. The van der Waals surface area contributed by atoms with Gasteiger partial charge in [0, 0.05) is 42.8 Å². The van der Waals surface area contributed by atoms with E-state index in [0.717, 1.165) is 30.7 Å². The number of anilines is 2. The Hall–Kier alpha value is -3.34. The molecule has 5 heterocycles. The van der Waals surface area contributed by atoms with Gasteiger partial charge in [-0.1, -0.05) is 31.7 Å². The molecule has 0 spiro atoms. The van der Waals surface area contributed by atoms with Crippen LogP contribution in [0.15, 0.2) is 47.6 Å². The monoisotopic (exact) mass is 579 g/mol. The molecule has 3 aromatic rings. The van der Waals surface area contributed by atoms with E-state index in [1.54, 1.807) is 22.9 Å². The van der Waals surface area contributed by atoms with E-state index in [1.165, 1.54) is 25.7 Å². The van der Waals surface area contributed by atoms with Crippen LogP contribution in [0, 0.1) is 11.8 Å². The lowest BCUT2D eigenvalue weighted by atomic mass is 9.93. The second-order valence-electron chi connectivity index (χ2n) is 12.0. The van der Waals surface area contributed by atoms with E-state index in [9.17, 15) is 4.79 Å². The summed E-state index contributed by atoms with van der Waals surface area (Å²) in [5.41, 5.74) is 0.142. The first-order valence-corrected chi connectivity index (χ1v) is 15.5. The van der Waals surface area contributed by atoms with E-state index < -0.39 is 6.17 Å². The lowest BCUT2D eigenvalue weighted by Crippen LogP contribution is -2.40. The van der Waals surface area contributed by atoms with Gasteiger partial charge in [-0.15, -0.1) is 5.10 Å². The number of hydrogen-bond donors (Lipinski definition) is 2. The summed E-state index contributed by atoms with van der Waals surface area (Å²) in [4.78, 5) is 25.1.